The standard InChI is InChI=1S/C7H11F3/c1-5(7(8,9)10)6(2)3-4-6/h5H,3-4H2,1-2H3. The van der Waals surface area contributed by atoms with Crippen molar-refractivity contribution in [2.45, 2.75) is 32.9 Å². The molecule has 0 aromatic rings. The van der Waals surface area contributed by atoms with Crippen molar-refractivity contribution in [1.82, 2.24) is 0 Å². The van der Waals surface area contributed by atoms with Crippen LogP contribution in [-0.2, 0) is 0 Å². The molecule has 1 fully saturated rings. The van der Waals surface area contributed by atoms with Gasteiger partial charge in [0, 0.05) is 0 Å². The second-order valence-corrected chi connectivity index (χ2v) is 3.42. The third kappa shape index (κ3) is 1.27. The lowest BCUT2D eigenvalue weighted by Gasteiger charge is -2.21. The summed E-state index contributed by atoms with van der Waals surface area (Å²) in [6.07, 6.45) is -2.54. The van der Waals surface area contributed by atoms with Crippen molar-refractivity contribution in [2.24, 2.45) is 11.3 Å². The third-order valence-corrected chi connectivity index (χ3v) is 2.58. The van der Waals surface area contributed by atoms with E-state index < -0.39 is 17.5 Å². The molecule has 0 spiro atoms. The van der Waals surface area contributed by atoms with Crippen LogP contribution in [-0.4, -0.2) is 6.18 Å². The van der Waals surface area contributed by atoms with E-state index in [1.807, 2.05) is 0 Å². The summed E-state index contributed by atoms with van der Waals surface area (Å²) in [6.45, 7) is 2.97. The maximum absolute atomic E-state index is 12.0. The van der Waals surface area contributed by atoms with Gasteiger partial charge in [-0.05, 0) is 18.3 Å². The van der Waals surface area contributed by atoms with Crippen molar-refractivity contribution in [1.29, 1.82) is 0 Å². The zero-order chi connectivity index (χ0) is 7.99. The van der Waals surface area contributed by atoms with Crippen LogP contribution in [0.3, 0.4) is 0 Å². The summed E-state index contributed by atoms with van der Waals surface area (Å²) in [5.74, 6) is -1.13. The Labute approximate surface area is 58.4 Å². The molecule has 3 heteroatoms. The second kappa shape index (κ2) is 1.89. The van der Waals surface area contributed by atoms with Gasteiger partial charge in [-0.25, -0.2) is 0 Å². The Morgan fingerprint density at radius 2 is 1.70 bits per heavy atom. The summed E-state index contributed by atoms with van der Waals surface area (Å²) in [7, 11) is 0. The van der Waals surface area contributed by atoms with Crippen LogP contribution in [0.25, 0.3) is 0 Å². The fraction of sp³-hybridized carbons (Fsp3) is 1.00. The van der Waals surface area contributed by atoms with Crippen molar-refractivity contribution in [3.8, 4) is 0 Å². The highest BCUT2D eigenvalue weighted by Gasteiger charge is 2.54. The van der Waals surface area contributed by atoms with E-state index in [2.05, 4.69) is 0 Å². The van der Waals surface area contributed by atoms with Gasteiger partial charge in [0.25, 0.3) is 0 Å². The van der Waals surface area contributed by atoms with E-state index in [1.165, 1.54) is 6.92 Å². The van der Waals surface area contributed by atoms with Crippen LogP contribution in [0.5, 0.6) is 0 Å². The number of hydrogen-bond acceptors (Lipinski definition) is 0. The van der Waals surface area contributed by atoms with Crippen molar-refractivity contribution >= 4 is 0 Å². The van der Waals surface area contributed by atoms with Crippen LogP contribution in [0.1, 0.15) is 26.7 Å². The number of hydrogen-bond donors (Lipinski definition) is 0. The zero-order valence-electron chi connectivity index (χ0n) is 6.13. The van der Waals surface area contributed by atoms with E-state index in [4.69, 9.17) is 0 Å². The molecule has 0 saturated heterocycles. The monoisotopic (exact) mass is 152 g/mol. The minimum absolute atomic E-state index is 0.432. The molecule has 60 valence electrons. The minimum atomic E-state index is -3.99. The number of alkyl halides is 3. The fourth-order valence-corrected chi connectivity index (χ4v) is 1.03. The average molecular weight is 152 g/mol. The summed E-state index contributed by atoms with van der Waals surface area (Å²) >= 11 is 0. The highest BCUT2D eigenvalue weighted by molar-refractivity contribution is 4.95. The molecule has 0 radical (unpaired) electrons. The molecular formula is C7H11F3. The van der Waals surface area contributed by atoms with Crippen molar-refractivity contribution in [3.63, 3.8) is 0 Å². The van der Waals surface area contributed by atoms with Crippen LogP contribution in [0.4, 0.5) is 13.2 Å². The van der Waals surface area contributed by atoms with Crippen LogP contribution in [0, 0.1) is 11.3 Å². The van der Waals surface area contributed by atoms with Crippen molar-refractivity contribution in [3.05, 3.63) is 0 Å². The first-order valence-corrected chi connectivity index (χ1v) is 3.43. The highest BCUT2D eigenvalue weighted by Crippen LogP contribution is 2.56. The van der Waals surface area contributed by atoms with Crippen LogP contribution in [0.2, 0.25) is 0 Å². The Hall–Kier alpha value is -0.210. The summed E-state index contributed by atoms with van der Waals surface area (Å²) in [4.78, 5) is 0. The predicted octanol–water partition coefficient (Wildman–Crippen LogP) is 2.98. The second-order valence-electron chi connectivity index (χ2n) is 3.42. The van der Waals surface area contributed by atoms with Gasteiger partial charge < -0.3 is 0 Å². The first-order chi connectivity index (χ1) is 4.36. The largest absolute Gasteiger partial charge is 0.392 e. The van der Waals surface area contributed by atoms with E-state index in [9.17, 15) is 13.2 Å². The lowest BCUT2D eigenvalue weighted by Crippen LogP contribution is -2.26. The zero-order valence-corrected chi connectivity index (χ0v) is 6.13. The number of halogens is 3. The molecule has 0 aliphatic heterocycles. The Bertz CT molecular complexity index is 127. The molecule has 0 amide bonds. The molecule has 1 aliphatic rings. The maximum Gasteiger partial charge on any atom is 0.392 e. The van der Waals surface area contributed by atoms with Crippen LogP contribution < -0.4 is 0 Å². The Kier molecular flexibility index (Phi) is 1.49. The van der Waals surface area contributed by atoms with Gasteiger partial charge in [-0.1, -0.05) is 13.8 Å². The molecule has 0 nitrogen and oxygen atoms in total. The smallest absolute Gasteiger partial charge is 0.171 e. The van der Waals surface area contributed by atoms with Gasteiger partial charge in [-0.3, -0.25) is 0 Å². The molecule has 10 heavy (non-hydrogen) atoms. The van der Waals surface area contributed by atoms with E-state index in [1.54, 1.807) is 6.92 Å². The maximum atomic E-state index is 12.0. The molecule has 0 bridgehead atoms. The lowest BCUT2D eigenvalue weighted by molar-refractivity contribution is -0.185. The van der Waals surface area contributed by atoms with Crippen molar-refractivity contribution in [2.75, 3.05) is 0 Å². The molecule has 0 heterocycles. The molecular weight excluding hydrogens is 141 g/mol. The molecule has 1 atom stereocenters. The van der Waals surface area contributed by atoms with Gasteiger partial charge in [-0.15, -0.1) is 0 Å². The van der Waals surface area contributed by atoms with Gasteiger partial charge in [0.15, 0.2) is 0 Å². The first-order valence-electron chi connectivity index (χ1n) is 3.43. The van der Waals surface area contributed by atoms with Gasteiger partial charge in [-0.2, -0.15) is 13.2 Å². The predicted molar refractivity (Wildman–Crippen MR) is 32.6 cm³/mol. The Morgan fingerprint density at radius 3 is 1.80 bits per heavy atom. The van der Waals surface area contributed by atoms with E-state index in [0.29, 0.717) is 0 Å². The van der Waals surface area contributed by atoms with Gasteiger partial charge in [0.1, 0.15) is 0 Å². The normalized spacial score (nSPS) is 26.1. The first kappa shape index (κ1) is 7.89. The highest BCUT2D eigenvalue weighted by atomic mass is 19.4. The average Bonchev–Trinajstić information content (AvgIpc) is 2.45. The quantitative estimate of drug-likeness (QED) is 0.541. The fourth-order valence-electron chi connectivity index (χ4n) is 1.03. The van der Waals surface area contributed by atoms with Gasteiger partial charge >= 0.3 is 6.18 Å². The Morgan fingerprint density at radius 1 is 1.30 bits per heavy atom. The lowest BCUT2D eigenvalue weighted by atomic mass is 9.92. The summed E-state index contributed by atoms with van der Waals surface area (Å²) in [5.41, 5.74) is -0.432. The van der Waals surface area contributed by atoms with Crippen LogP contribution >= 0.6 is 0 Å². The van der Waals surface area contributed by atoms with Crippen LogP contribution in [0.15, 0.2) is 0 Å². The molecule has 0 N–H and O–H groups in total. The Balaban J connectivity index is 2.57. The summed E-state index contributed by atoms with van der Waals surface area (Å²) < 4.78 is 36.0. The summed E-state index contributed by atoms with van der Waals surface area (Å²) in [5, 5.41) is 0. The molecule has 1 rings (SSSR count). The van der Waals surface area contributed by atoms with Crippen molar-refractivity contribution < 1.29 is 13.2 Å². The van der Waals surface area contributed by atoms with E-state index in [0.717, 1.165) is 12.8 Å². The molecule has 0 aromatic heterocycles. The molecule has 1 aliphatic carbocycles. The third-order valence-electron chi connectivity index (χ3n) is 2.58. The number of rotatable bonds is 1. The topological polar surface area (TPSA) is 0 Å². The van der Waals surface area contributed by atoms with E-state index in [-0.39, 0.29) is 0 Å². The molecule has 0 aromatic carbocycles. The summed E-state index contributed by atoms with van der Waals surface area (Å²) in [6, 6.07) is 0. The van der Waals surface area contributed by atoms with E-state index >= 15 is 0 Å². The molecule has 1 unspecified atom stereocenters. The molecule has 1 saturated carbocycles. The SMILES string of the molecule is CC(C(F)(F)F)C1(C)CC1. The van der Waals surface area contributed by atoms with Gasteiger partial charge in [0.05, 0.1) is 5.92 Å². The minimum Gasteiger partial charge on any atom is -0.171 e. The van der Waals surface area contributed by atoms with Gasteiger partial charge in [0.2, 0.25) is 0 Å².